The fourth-order valence-electron chi connectivity index (χ4n) is 4.49. The van der Waals surface area contributed by atoms with E-state index in [1.807, 2.05) is 12.1 Å². The summed E-state index contributed by atoms with van der Waals surface area (Å²) in [4.78, 5) is 43.6. The number of imidazole rings is 1. The summed E-state index contributed by atoms with van der Waals surface area (Å²) in [5, 5.41) is 15.9. The van der Waals surface area contributed by atoms with Crippen LogP contribution in [-0.2, 0) is 14.3 Å². The van der Waals surface area contributed by atoms with Gasteiger partial charge in [0.1, 0.15) is 19.1 Å². The Kier molecular flexibility index (Phi) is 9.08. The zero-order chi connectivity index (χ0) is 30.3. The van der Waals surface area contributed by atoms with Crippen molar-refractivity contribution < 1.29 is 28.9 Å². The van der Waals surface area contributed by atoms with E-state index in [2.05, 4.69) is 30.3 Å². The second-order valence-electron chi connectivity index (χ2n) is 9.81. The number of nitrogens with one attached hydrogen (secondary N) is 1. The number of aliphatic hydroxyl groups excluding tert-OH is 1. The van der Waals surface area contributed by atoms with Gasteiger partial charge in [0, 0.05) is 17.3 Å². The number of aliphatic hydroxyl groups is 1. The van der Waals surface area contributed by atoms with Gasteiger partial charge >= 0.3 is 6.09 Å². The molecule has 15 heteroatoms. The predicted octanol–water partition coefficient (Wildman–Crippen LogP) is 4.69. The van der Waals surface area contributed by atoms with E-state index in [1.54, 1.807) is 66.9 Å². The van der Waals surface area contributed by atoms with Crippen molar-refractivity contribution in [2.45, 2.75) is 38.7 Å². The minimum Gasteiger partial charge on any atom is -0.394 e. The Bertz CT molecular complexity index is 1590. The van der Waals surface area contributed by atoms with Crippen LogP contribution in [0.3, 0.4) is 0 Å². The van der Waals surface area contributed by atoms with E-state index in [0.29, 0.717) is 11.4 Å². The van der Waals surface area contributed by atoms with Crippen molar-refractivity contribution in [2.75, 3.05) is 23.6 Å². The normalized spacial score (nSPS) is 17.9. The fourth-order valence-corrected chi connectivity index (χ4v) is 4.49. The first kappa shape index (κ1) is 29.4. The highest BCUT2D eigenvalue weighted by atomic mass is 16.6. The quantitative estimate of drug-likeness (QED) is 0.151. The SMILES string of the molecule is CC(C)C(=O)Nc1nc(OC(=O)N(c2ccccc2)c2ccccc2)c2ncn([C@H]3CC(OCN=[N+]=[N-])[C@@H](CO)O3)c2n1. The summed E-state index contributed by atoms with van der Waals surface area (Å²) in [6.07, 6.45) is -1.05. The molecule has 4 aromatic rings. The number of azide groups is 1. The Balaban J connectivity index is 1.52. The molecule has 0 aliphatic carbocycles. The number of ether oxygens (including phenoxy) is 3. The molecular formula is C28H29N9O6. The van der Waals surface area contributed by atoms with E-state index >= 15 is 0 Å². The number of fused-ring (bicyclic) bond motifs is 1. The van der Waals surface area contributed by atoms with Crippen LogP contribution in [0.1, 0.15) is 26.5 Å². The monoisotopic (exact) mass is 587 g/mol. The van der Waals surface area contributed by atoms with Crippen molar-refractivity contribution >= 4 is 40.5 Å². The van der Waals surface area contributed by atoms with Gasteiger partial charge in [-0.05, 0) is 29.8 Å². The molecule has 15 nitrogen and oxygen atoms in total. The maximum Gasteiger partial charge on any atom is 0.425 e. The van der Waals surface area contributed by atoms with E-state index in [-0.39, 0.29) is 54.6 Å². The summed E-state index contributed by atoms with van der Waals surface area (Å²) in [6.45, 7) is 2.86. The number of amides is 2. The summed E-state index contributed by atoms with van der Waals surface area (Å²) in [5.74, 6) is -1.01. The van der Waals surface area contributed by atoms with Crippen molar-refractivity contribution in [1.29, 1.82) is 0 Å². The molecule has 1 fully saturated rings. The van der Waals surface area contributed by atoms with Gasteiger partial charge in [-0.2, -0.15) is 9.97 Å². The topological polar surface area (TPSA) is 190 Å². The van der Waals surface area contributed by atoms with Crippen LogP contribution in [0.2, 0.25) is 0 Å². The molecule has 2 aromatic heterocycles. The van der Waals surface area contributed by atoms with Crippen molar-refractivity contribution in [3.05, 3.63) is 77.4 Å². The first-order valence-corrected chi connectivity index (χ1v) is 13.5. The molecule has 1 aliphatic heterocycles. The minimum atomic E-state index is -0.767. The highest BCUT2D eigenvalue weighted by Gasteiger charge is 2.38. The molecule has 2 amide bonds. The second kappa shape index (κ2) is 13.3. The summed E-state index contributed by atoms with van der Waals surface area (Å²) < 4.78 is 19.0. The van der Waals surface area contributed by atoms with Crippen LogP contribution in [0.5, 0.6) is 5.88 Å². The number of nitrogens with zero attached hydrogens (tertiary/aromatic N) is 8. The third-order valence-electron chi connectivity index (χ3n) is 6.62. The van der Waals surface area contributed by atoms with Gasteiger partial charge in [-0.1, -0.05) is 55.4 Å². The molecule has 0 radical (unpaired) electrons. The van der Waals surface area contributed by atoms with Gasteiger partial charge in [0.25, 0.3) is 5.88 Å². The average Bonchev–Trinajstić information content (AvgIpc) is 3.62. The van der Waals surface area contributed by atoms with Crippen LogP contribution in [0.15, 0.2) is 72.1 Å². The number of anilines is 3. The number of carbonyl (C=O) groups is 2. The van der Waals surface area contributed by atoms with Gasteiger partial charge in [0.05, 0.1) is 30.4 Å². The van der Waals surface area contributed by atoms with Gasteiger partial charge in [-0.15, -0.1) is 0 Å². The number of para-hydroxylation sites is 2. The van der Waals surface area contributed by atoms with E-state index in [1.165, 1.54) is 11.2 Å². The zero-order valence-corrected chi connectivity index (χ0v) is 23.3. The standard InChI is InChI=1S/C28H29N9O6/c1-17(2)25(39)33-27-32-24-23(30-15-36(24)22-13-20(21(14-38)42-22)41-16-31-35-29)26(34-27)43-28(40)37(18-9-5-3-6-10-18)19-11-7-4-8-12-19/h3-12,15,17,20-22,38H,13-14,16H2,1-2H3,(H,32,33,34,39)/t20?,21-,22-/m1/s1. The summed E-state index contributed by atoms with van der Waals surface area (Å²) in [5.41, 5.74) is 10.0. The fraction of sp³-hybridized carbons (Fsp3) is 0.321. The molecule has 43 heavy (non-hydrogen) atoms. The van der Waals surface area contributed by atoms with Gasteiger partial charge in [-0.25, -0.2) is 14.7 Å². The number of rotatable bonds is 10. The molecule has 0 spiro atoms. The molecule has 5 rings (SSSR count). The lowest BCUT2D eigenvalue weighted by atomic mass is 10.2. The van der Waals surface area contributed by atoms with E-state index in [0.717, 1.165) is 0 Å². The molecule has 2 N–H and O–H groups in total. The van der Waals surface area contributed by atoms with Gasteiger partial charge < -0.3 is 19.3 Å². The summed E-state index contributed by atoms with van der Waals surface area (Å²) in [6, 6.07) is 17.9. The molecular weight excluding hydrogens is 558 g/mol. The maximum absolute atomic E-state index is 13.7. The largest absolute Gasteiger partial charge is 0.425 e. The Morgan fingerprint density at radius 3 is 2.44 bits per heavy atom. The van der Waals surface area contributed by atoms with Crippen LogP contribution >= 0.6 is 0 Å². The molecule has 0 saturated carbocycles. The molecule has 222 valence electrons. The molecule has 0 bridgehead atoms. The van der Waals surface area contributed by atoms with Crippen molar-refractivity contribution in [1.82, 2.24) is 19.5 Å². The Labute approximate surface area is 245 Å². The smallest absolute Gasteiger partial charge is 0.394 e. The molecule has 3 atom stereocenters. The van der Waals surface area contributed by atoms with E-state index in [9.17, 15) is 14.7 Å². The Morgan fingerprint density at radius 1 is 1.16 bits per heavy atom. The lowest BCUT2D eigenvalue weighted by Crippen LogP contribution is -2.29. The number of aromatic nitrogens is 4. The van der Waals surface area contributed by atoms with Crippen LogP contribution < -0.4 is 15.0 Å². The molecule has 1 saturated heterocycles. The number of carbonyl (C=O) groups excluding carboxylic acids is 2. The molecule has 1 unspecified atom stereocenters. The van der Waals surface area contributed by atoms with Crippen molar-refractivity contribution in [3.8, 4) is 5.88 Å². The third kappa shape index (κ3) is 6.55. The van der Waals surface area contributed by atoms with Crippen molar-refractivity contribution in [3.63, 3.8) is 0 Å². The molecule has 1 aliphatic rings. The maximum atomic E-state index is 13.7. The zero-order valence-electron chi connectivity index (χ0n) is 23.3. The Hall–Kier alpha value is -5.08. The van der Waals surface area contributed by atoms with Crippen LogP contribution in [0.4, 0.5) is 22.1 Å². The highest BCUT2D eigenvalue weighted by Crippen LogP contribution is 2.35. The lowest BCUT2D eigenvalue weighted by Gasteiger charge is -2.22. The van der Waals surface area contributed by atoms with E-state index in [4.69, 9.17) is 19.7 Å². The van der Waals surface area contributed by atoms with Crippen LogP contribution in [0, 0.1) is 5.92 Å². The number of benzene rings is 2. The van der Waals surface area contributed by atoms with Crippen LogP contribution in [0.25, 0.3) is 21.6 Å². The van der Waals surface area contributed by atoms with Crippen molar-refractivity contribution in [2.24, 2.45) is 11.0 Å². The second-order valence-corrected chi connectivity index (χ2v) is 9.81. The summed E-state index contributed by atoms with van der Waals surface area (Å²) >= 11 is 0. The third-order valence-corrected chi connectivity index (χ3v) is 6.62. The van der Waals surface area contributed by atoms with Gasteiger partial charge in [-0.3, -0.25) is 14.7 Å². The first-order valence-electron chi connectivity index (χ1n) is 13.5. The number of hydrogen-bond acceptors (Lipinski definition) is 10. The average molecular weight is 588 g/mol. The lowest BCUT2D eigenvalue weighted by molar-refractivity contribution is -0.118. The van der Waals surface area contributed by atoms with Gasteiger partial charge in [0.2, 0.25) is 11.9 Å². The first-order chi connectivity index (χ1) is 20.9. The predicted molar refractivity (Wildman–Crippen MR) is 154 cm³/mol. The minimum absolute atomic E-state index is 0.102. The molecule has 2 aromatic carbocycles. The summed E-state index contributed by atoms with van der Waals surface area (Å²) in [7, 11) is 0. The highest BCUT2D eigenvalue weighted by molar-refractivity contribution is 5.98. The van der Waals surface area contributed by atoms with Crippen LogP contribution in [-0.4, -0.2) is 62.2 Å². The number of hydrogen-bond donors (Lipinski definition) is 2. The van der Waals surface area contributed by atoms with E-state index < -0.39 is 24.5 Å². The molecule has 3 heterocycles. The Morgan fingerprint density at radius 2 is 1.84 bits per heavy atom. The van der Waals surface area contributed by atoms with Gasteiger partial charge in [0.15, 0.2) is 11.2 Å².